The molecule has 0 radical (unpaired) electrons. The molecule has 0 bridgehead atoms. The molecule has 0 amide bonds. The molecule has 0 aromatic heterocycles. The molecule has 3 N–H and O–H groups in total. The highest BCUT2D eigenvalue weighted by molar-refractivity contribution is 5.99. The number of esters is 1. The fraction of sp³-hybridized carbons (Fsp3) is 0.385. The van der Waals surface area contributed by atoms with Crippen molar-refractivity contribution in [1.82, 2.24) is 0 Å². The van der Waals surface area contributed by atoms with Gasteiger partial charge in [-0.15, -0.1) is 0 Å². The van der Waals surface area contributed by atoms with E-state index in [2.05, 4.69) is 0 Å². The van der Waals surface area contributed by atoms with Gasteiger partial charge in [-0.25, -0.2) is 0 Å². The van der Waals surface area contributed by atoms with Crippen LogP contribution >= 0.6 is 0 Å². The van der Waals surface area contributed by atoms with Crippen LogP contribution in [0.1, 0.15) is 42.3 Å². The maximum atomic E-state index is 11.6. The Labute approximate surface area is 106 Å². The van der Waals surface area contributed by atoms with Crippen LogP contribution in [0.4, 0.5) is 0 Å². The van der Waals surface area contributed by atoms with E-state index in [1.54, 1.807) is 0 Å². The summed E-state index contributed by atoms with van der Waals surface area (Å²) in [4.78, 5) is 22.7. The van der Waals surface area contributed by atoms with Gasteiger partial charge in [0.1, 0.15) is 11.5 Å². The Kier molecular flexibility index (Phi) is 4.44. The summed E-state index contributed by atoms with van der Waals surface area (Å²) in [5.74, 6) is -0.605. The molecular formula is C13H17NO4. The van der Waals surface area contributed by atoms with E-state index in [0.717, 1.165) is 0 Å². The van der Waals surface area contributed by atoms with Gasteiger partial charge in [0.2, 0.25) is 0 Å². The van der Waals surface area contributed by atoms with Crippen LogP contribution < -0.4 is 10.5 Å². The van der Waals surface area contributed by atoms with E-state index in [1.165, 1.54) is 19.9 Å². The van der Waals surface area contributed by atoms with Gasteiger partial charge < -0.3 is 15.6 Å². The van der Waals surface area contributed by atoms with Crippen molar-refractivity contribution in [2.24, 2.45) is 5.73 Å². The first kappa shape index (κ1) is 14.2. The van der Waals surface area contributed by atoms with Crippen molar-refractivity contribution in [3.05, 3.63) is 22.8 Å². The van der Waals surface area contributed by atoms with Gasteiger partial charge >= 0.3 is 5.97 Å². The zero-order chi connectivity index (χ0) is 13.9. The molecule has 0 aliphatic carbocycles. The number of carbonyl (C=O) groups excluding carboxylic acids is 2. The van der Waals surface area contributed by atoms with Gasteiger partial charge in [-0.3, -0.25) is 9.59 Å². The highest BCUT2D eigenvalue weighted by Crippen LogP contribution is 2.34. The third-order valence-corrected chi connectivity index (χ3v) is 2.61. The lowest BCUT2D eigenvalue weighted by molar-refractivity contribution is -0.132. The lowest BCUT2D eigenvalue weighted by atomic mass is 9.96. The van der Waals surface area contributed by atoms with Crippen LogP contribution in [0.15, 0.2) is 6.07 Å². The van der Waals surface area contributed by atoms with E-state index in [1.807, 2.05) is 6.92 Å². The van der Waals surface area contributed by atoms with E-state index in [0.29, 0.717) is 17.5 Å². The Morgan fingerprint density at radius 1 is 1.39 bits per heavy atom. The van der Waals surface area contributed by atoms with Crippen LogP contribution in [0.3, 0.4) is 0 Å². The zero-order valence-corrected chi connectivity index (χ0v) is 10.7. The number of ether oxygens (including phenoxy) is 1. The Morgan fingerprint density at radius 2 is 2.00 bits per heavy atom. The van der Waals surface area contributed by atoms with E-state index >= 15 is 0 Å². The number of ketones is 1. The summed E-state index contributed by atoms with van der Waals surface area (Å²) >= 11 is 0. The molecule has 0 aliphatic rings. The second-order valence-corrected chi connectivity index (χ2v) is 3.95. The van der Waals surface area contributed by atoms with Crippen LogP contribution in [0.25, 0.3) is 0 Å². The molecule has 1 aromatic rings. The van der Waals surface area contributed by atoms with Crippen molar-refractivity contribution < 1.29 is 19.4 Å². The number of nitrogens with two attached hydrogens (primary N) is 1. The minimum Gasteiger partial charge on any atom is -0.507 e. The minimum atomic E-state index is -0.486. The third-order valence-electron chi connectivity index (χ3n) is 2.61. The van der Waals surface area contributed by atoms with Crippen LogP contribution in [-0.4, -0.2) is 16.9 Å². The van der Waals surface area contributed by atoms with Gasteiger partial charge in [-0.05, 0) is 19.4 Å². The molecule has 0 spiro atoms. The third kappa shape index (κ3) is 2.68. The predicted octanol–water partition coefficient (Wildman–Crippen LogP) is 1.54. The Bertz CT molecular complexity index is 494. The molecule has 0 unspecified atom stereocenters. The first-order valence-corrected chi connectivity index (χ1v) is 5.69. The SMILES string of the molecule is CCc1c(OC(C)=O)c(CN)cc(O)c1C(C)=O. The van der Waals surface area contributed by atoms with Crippen molar-refractivity contribution >= 4 is 11.8 Å². The van der Waals surface area contributed by atoms with Gasteiger partial charge in [0.05, 0.1) is 5.56 Å². The van der Waals surface area contributed by atoms with Gasteiger partial charge in [0.25, 0.3) is 0 Å². The average Bonchev–Trinajstić information content (AvgIpc) is 2.28. The number of Topliss-reactive ketones (excluding diaryl/α,β-unsaturated/α-hetero) is 1. The molecule has 0 atom stereocenters. The van der Waals surface area contributed by atoms with Gasteiger partial charge in [-0.1, -0.05) is 6.92 Å². The highest BCUT2D eigenvalue weighted by atomic mass is 16.5. The van der Waals surface area contributed by atoms with Crippen molar-refractivity contribution in [2.75, 3.05) is 0 Å². The number of rotatable bonds is 4. The summed E-state index contributed by atoms with van der Waals surface area (Å²) in [5, 5.41) is 9.85. The molecule has 0 fully saturated rings. The average molecular weight is 251 g/mol. The smallest absolute Gasteiger partial charge is 0.308 e. The standard InChI is InChI=1S/C13H17NO4/c1-4-10-12(7(2)15)11(17)5-9(6-14)13(10)18-8(3)16/h5,17H,4,6,14H2,1-3H3. The highest BCUT2D eigenvalue weighted by Gasteiger charge is 2.21. The molecular weight excluding hydrogens is 234 g/mol. The van der Waals surface area contributed by atoms with Crippen LogP contribution in [0, 0.1) is 0 Å². The number of hydrogen-bond acceptors (Lipinski definition) is 5. The Balaban J connectivity index is 3.58. The molecule has 1 rings (SSSR count). The zero-order valence-electron chi connectivity index (χ0n) is 10.7. The second kappa shape index (κ2) is 5.64. The van der Waals surface area contributed by atoms with Crippen LogP contribution in [-0.2, 0) is 17.8 Å². The van der Waals surface area contributed by atoms with Gasteiger partial charge in [0, 0.05) is 24.6 Å². The Morgan fingerprint density at radius 3 is 2.39 bits per heavy atom. The molecule has 0 aliphatic heterocycles. The molecule has 98 valence electrons. The number of phenolic OH excluding ortho intramolecular Hbond substituents is 1. The van der Waals surface area contributed by atoms with Crippen LogP contribution in [0.5, 0.6) is 11.5 Å². The monoisotopic (exact) mass is 251 g/mol. The first-order chi connectivity index (χ1) is 8.42. The summed E-state index contributed by atoms with van der Waals surface area (Å²) in [5.41, 5.74) is 6.76. The van der Waals surface area contributed by atoms with Crippen molar-refractivity contribution in [3.63, 3.8) is 0 Å². The lowest BCUT2D eigenvalue weighted by Gasteiger charge is -2.16. The number of phenols is 1. The van der Waals surface area contributed by atoms with E-state index in [9.17, 15) is 14.7 Å². The van der Waals surface area contributed by atoms with Gasteiger partial charge in [0.15, 0.2) is 5.78 Å². The second-order valence-electron chi connectivity index (χ2n) is 3.95. The van der Waals surface area contributed by atoms with E-state index in [4.69, 9.17) is 10.5 Å². The fourth-order valence-electron chi connectivity index (χ4n) is 1.92. The summed E-state index contributed by atoms with van der Waals surface area (Å²) in [6, 6.07) is 1.37. The topological polar surface area (TPSA) is 89.6 Å². The Hall–Kier alpha value is -1.88. The normalized spacial score (nSPS) is 10.2. The summed E-state index contributed by atoms with van der Waals surface area (Å²) in [6.45, 7) is 4.56. The van der Waals surface area contributed by atoms with Crippen molar-refractivity contribution in [2.45, 2.75) is 33.7 Å². The molecule has 0 heterocycles. The van der Waals surface area contributed by atoms with Crippen molar-refractivity contribution in [1.29, 1.82) is 0 Å². The van der Waals surface area contributed by atoms with Gasteiger partial charge in [-0.2, -0.15) is 0 Å². The predicted molar refractivity (Wildman–Crippen MR) is 66.7 cm³/mol. The molecule has 0 saturated carbocycles. The summed E-state index contributed by atoms with van der Waals surface area (Å²) in [6.07, 6.45) is 0.457. The molecule has 1 aromatic carbocycles. The molecule has 5 heteroatoms. The number of benzene rings is 1. The van der Waals surface area contributed by atoms with Crippen LogP contribution in [0.2, 0.25) is 0 Å². The number of carbonyl (C=O) groups is 2. The largest absolute Gasteiger partial charge is 0.507 e. The quantitative estimate of drug-likeness (QED) is 0.481. The summed E-state index contributed by atoms with van der Waals surface area (Å²) < 4.78 is 5.12. The maximum Gasteiger partial charge on any atom is 0.308 e. The number of aromatic hydroxyl groups is 1. The maximum absolute atomic E-state index is 11.6. The molecule has 18 heavy (non-hydrogen) atoms. The number of hydrogen-bond donors (Lipinski definition) is 2. The lowest BCUT2D eigenvalue weighted by Crippen LogP contribution is -2.12. The van der Waals surface area contributed by atoms with Crippen molar-refractivity contribution in [3.8, 4) is 11.5 Å². The first-order valence-electron chi connectivity index (χ1n) is 5.69. The minimum absolute atomic E-state index is 0.112. The molecule has 0 saturated heterocycles. The van der Waals surface area contributed by atoms with E-state index in [-0.39, 0.29) is 29.4 Å². The molecule has 5 nitrogen and oxygen atoms in total. The van der Waals surface area contributed by atoms with E-state index < -0.39 is 5.97 Å². The fourth-order valence-corrected chi connectivity index (χ4v) is 1.92. The summed E-state index contributed by atoms with van der Waals surface area (Å²) in [7, 11) is 0.